The van der Waals surface area contributed by atoms with Crippen LogP contribution in [0.2, 0.25) is 0 Å². The molecule has 3 heterocycles. The lowest BCUT2D eigenvalue weighted by Crippen LogP contribution is -2.29. The van der Waals surface area contributed by atoms with Crippen LogP contribution < -0.4 is 11.0 Å². The quantitative estimate of drug-likeness (QED) is 0.372. The number of aromatic nitrogens is 4. The molecule has 0 fully saturated rings. The third kappa shape index (κ3) is 5.82. The molecule has 0 saturated heterocycles. The Kier molecular flexibility index (Phi) is 6.68. The molecule has 1 aromatic carbocycles. The largest absolute Gasteiger partial charge is 0.378 e. The molecule has 8 nitrogen and oxygen atoms in total. The second-order valence-electron chi connectivity index (χ2n) is 8.85. The van der Waals surface area contributed by atoms with Crippen molar-refractivity contribution in [1.82, 2.24) is 24.9 Å². The zero-order valence-corrected chi connectivity index (χ0v) is 19.8. The Balaban J connectivity index is 1.89. The zero-order chi connectivity index (χ0) is 26.0. The van der Waals surface area contributed by atoms with Crippen LogP contribution in [0.1, 0.15) is 43.8 Å². The van der Waals surface area contributed by atoms with Crippen LogP contribution >= 0.6 is 0 Å². The minimum Gasteiger partial charge on any atom is -0.378 e. The highest BCUT2D eigenvalue weighted by Gasteiger charge is 2.22. The fourth-order valence-electron chi connectivity index (χ4n) is 3.76. The number of nitrogens with one attached hydrogen (secondary N) is 2. The van der Waals surface area contributed by atoms with Crippen molar-refractivity contribution in [2.45, 2.75) is 38.8 Å². The summed E-state index contributed by atoms with van der Waals surface area (Å²) in [4.78, 5) is 28.9. The molecule has 0 saturated carbocycles. The van der Waals surface area contributed by atoms with E-state index in [0.717, 1.165) is 6.07 Å². The van der Waals surface area contributed by atoms with E-state index >= 15 is 0 Å². The monoisotopic (exact) mass is 491 g/mol. The number of pyridine rings is 2. The van der Waals surface area contributed by atoms with Gasteiger partial charge in [-0.05, 0) is 68.2 Å². The summed E-state index contributed by atoms with van der Waals surface area (Å²) in [6.45, 7) is 4.39. The Labute approximate surface area is 205 Å². The van der Waals surface area contributed by atoms with Gasteiger partial charge < -0.3 is 10.4 Å². The number of hydrogen-bond donors (Lipinski definition) is 3. The van der Waals surface area contributed by atoms with Gasteiger partial charge in [0.1, 0.15) is 22.9 Å². The molecule has 0 aliphatic carbocycles. The predicted octanol–water partition coefficient (Wildman–Crippen LogP) is 2.91. The molecular weight excluding hydrogens is 468 g/mol. The second-order valence-corrected chi connectivity index (χ2v) is 8.85. The zero-order valence-electron chi connectivity index (χ0n) is 19.8. The number of amides is 1. The van der Waals surface area contributed by atoms with E-state index in [0.29, 0.717) is 33.7 Å². The number of nitrogens with zero attached hydrogens (tertiary/aromatic N) is 3. The number of carbonyl (C=O) groups excluding carboxylic acids is 1. The summed E-state index contributed by atoms with van der Waals surface area (Å²) in [6.07, 6.45) is 1.61. The van der Waals surface area contributed by atoms with Crippen molar-refractivity contribution in [3.05, 3.63) is 87.7 Å². The molecule has 0 unspecified atom stereocenters. The van der Waals surface area contributed by atoms with E-state index < -0.39 is 29.0 Å². The highest BCUT2D eigenvalue weighted by Crippen LogP contribution is 2.30. The fourth-order valence-corrected chi connectivity index (χ4v) is 3.76. The Morgan fingerprint density at radius 3 is 2.58 bits per heavy atom. The average Bonchev–Trinajstić information content (AvgIpc) is 3.16. The number of fused-ring (bicyclic) bond motifs is 1. The number of carbonyl (C=O) groups is 1. The molecule has 4 rings (SSSR count). The van der Waals surface area contributed by atoms with Crippen molar-refractivity contribution in [3.63, 3.8) is 0 Å². The van der Waals surface area contributed by atoms with Crippen LogP contribution in [0.25, 0.3) is 16.8 Å². The van der Waals surface area contributed by atoms with Gasteiger partial charge in [-0.15, -0.1) is 0 Å². The van der Waals surface area contributed by atoms with E-state index in [1.807, 2.05) is 0 Å². The summed E-state index contributed by atoms with van der Waals surface area (Å²) in [6, 6.07) is 9.11. The van der Waals surface area contributed by atoms with Crippen LogP contribution in [0.3, 0.4) is 0 Å². The van der Waals surface area contributed by atoms with Gasteiger partial charge in [-0.3, -0.25) is 4.79 Å². The summed E-state index contributed by atoms with van der Waals surface area (Å²) in [7, 11) is 0. The first-order chi connectivity index (χ1) is 17.0. The molecule has 0 spiro atoms. The van der Waals surface area contributed by atoms with Gasteiger partial charge in [0, 0.05) is 30.3 Å². The van der Waals surface area contributed by atoms with Crippen molar-refractivity contribution in [2.75, 3.05) is 0 Å². The van der Waals surface area contributed by atoms with Gasteiger partial charge >= 0.3 is 5.69 Å². The van der Waals surface area contributed by atoms with E-state index in [9.17, 15) is 23.5 Å². The Morgan fingerprint density at radius 1 is 1.19 bits per heavy atom. The Morgan fingerprint density at radius 2 is 1.92 bits per heavy atom. The number of aliphatic hydroxyl groups is 1. The number of rotatable bonds is 5. The lowest BCUT2D eigenvalue weighted by atomic mass is 9.95. The minimum atomic E-state index is -1.26. The Bertz CT molecular complexity index is 1550. The van der Waals surface area contributed by atoms with Crippen molar-refractivity contribution < 1.29 is 18.7 Å². The second kappa shape index (κ2) is 9.71. The minimum absolute atomic E-state index is 0.0323. The van der Waals surface area contributed by atoms with Crippen molar-refractivity contribution >= 4 is 11.6 Å². The molecule has 184 valence electrons. The maximum absolute atomic E-state index is 13.9. The van der Waals surface area contributed by atoms with Crippen LogP contribution in [-0.2, 0) is 11.2 Å². The van der Waals surface area contributed by atoms with Crippen molar-refractivity contribution in [2.24, 2.45) is 0 Å². The van der Waals surface area contributed by atoms with E-state index in [1.165, 1.54) is 37.3 Å². The van der Waals surface area contributed by atoms with Crippen molar-refractivity contribution in [1.29, 1.82) is 0 Å². The van der Waals surface area contributed by atoms with Gasteiger partial charge in [0.25, 0.3) is 0 Å². The summed E-state index contributed by atoms with van der Waals surface area (Å²) >= 11 is 0. The number of aromatic amines is 1. The van der Waals surface area contributed by atoms with Gasteiger partial charge in [0.2, 0.25) is 5.91 Å². The summed E-state index contributed by atoms with van der Waals surface area (Å²) < 4.78 is 29.1. The first-order valence-corrected chi connectivity index (χ1v) is 11.0. The van der Waals surface area contributed by atoms with E-state index in [-0.39, 0.29) is 12.3 Å². The average molecular weight is 491 g/mol. The van der Waals surface area contributed by atoms with Gasteiger partial charge in [0.15, 0.2) is 5.65 Å². The van der Waals surface area contributed by atoms with Crippen LogP contribution in [0.5, 0.6) is 0 Å². The number of benzene rings is 1. The maximum atomic E-state index is 13.9. The highest BCUT2D eigenvalue weighted by molar-refractivity contribution is 5.75. The first kappa shape index (κ1) is 24.8. The van der Waals surface area contributed by atoms with Crippen LogP contribution in [0.4, 0.5) is 8.78 Å². The van der Waals surface area contributed by atoms with E-state index in [2.05, 4.69) is 32.3 Å². The van der Waals surface area contributed by atoms with Gasteiger partial charge in [-0.2, -0.15) is 5.10 Å². The smallest absolute Gasteiger partial charge is 0.347 e. The van der Waals surface area contributed by atoms with Crippen LogP contribution in [0, 0.1) is 23.5 Å². The molecule has 3 N–H and O–H groups in total. The van der Waals surface area contributed by atoms with Crippen LogP contribution in [0.15, 0.2) is 53.5 Å². The number of halogens is 2. The summed E-state index contributed by atoms with van der Waals surface area (Å²) in [5, 5.41) is 19.1. The van der Waals surface area contributed by atoms with Gasteiger partial charge in [0.05, 0.1) is 11.7 Å². The third-order valence-corrected chi connectivity index (χ3v) is 5.21. The van der Waals surface area contributed by atoms with E-state index in [1.54, 1.807) is 30.5 Å². The molecule has 0 bridgehead atoms. The lowest BCUT2D eigenvalue weighted by molar-refractivity contribution is -0.119. The first-order valence-electron chi connectivity index (χ1n) is 11.0. The molecule has 1 atom stereocenters. The Hall–Kier alpha value is -4.36. The predicted molar refractivity (Wildman–Crippen MR) is 129 cm³/mol. The van der Waals surface area contributed by atoms with Crippen molar-refractivity contribution in [3.8, 4) is 23.0 Å². The summed E-state index contributed by atoms with van der Waals surface area (Å²) in [5.41, 5.74) is 0.886. The molecule has 0 aliphatic heterocycles. The SMILES string of the molecule is CC(=O)N[C@@H](Cc1cc(F)cc(F)c1)c1nc(C#CC(C)(C)O)ccc1-c1ccc2n[nH]c(=O)n2c1. The lowest BCUT2D eigenvalue weighted by Gasteiger charge is -2.21. The number of hydrogen-bond acceptors (Lipinski definition) is 5. The molecule has 0 aliphatic rings. The normalized spacial score (nSPS) is 12.2. The topological polar surface area (TPSA) is 112 Å². The highest BCUT2D eigenvalue weighted by atomic mass is 19.1. The molecular formula is C26H23F2N5O3. The molecule has 36 heavy (non-hydrogen) atoms. The molecule has 4 aromatic rings. The van der Waals surface area contributed by atoms with Crippen LogP contribution in [-0.4, -0.2) is 36.2 Å². The van der Waals surface area contributed by atoms with Gasteiger partial charge in [-0.1, -0.05) is 5.92 Å². The maximum Gasteiger partial charge on any atom is 0.347 e. The molecule has 0 radical (unpaired) electrons. The van der Waals surface area contributed by atoms with E-state index in [4.69, 9.17) is 0 Å². The fraction of sp³-hybridized carbons (Fsp3) is 0.231. The van der Waals surface area contributed by atoms with Gasteiger partial charge in [-0.25, -0.2) is 28.1 Å². The molecule has 1 amide bonds. The number of H-pyrrole nitrogens is 1. The standard InChI is InChI=1S/C26H23F2N5O3/c1-15(34)29-22(12-16-10-18(27)13-19(28)11-16)24-21(6-5-20(30-24)8-9-26(2,3)36)17-4-7-23-31-32-25(35)33(23)14-17/h4-7,10-11,13-14,22,36H,12H2,1-3H3,(H,29,34)(H,32,35)/t22-/m0/s1. The summed E-state index contributed by atoms with van der Waals surface area (Å²) in [5.74, 6) is 3.65. The molecule has 10 heteroatoms. The third-order valence-electron chi connectivity index (χ3n) is 5.21. The molecule has 3 aromatic heterocycles.